The van der Waals surface area contributed by atoms with Crippen molar-refractivity contribution in [3.05, 3.63) is 172 Å². The molecule has 0 bridgehead atoms. The molecule has 13 rings (SSSR count). The summed E-state index contributed by atoms with van der Waals surface area (Å²) in [7, 11) is 6.79. The number of carbonyl (C=O) groups excluding carboxylic acids is 12. The van der Waals surface area contributed by atoms with Crippen LogP contribution in [0.3, 0.4) is 0 Å². The number of ether oxygens (including phenoxy) is 3. The Morgan fingerprint density at radius 2 is 0.793 bits per heavy atom. The number of Topliss-reactive ketones (excluding diaryl/α,β-unsaturated/α-hetero) is 1. The van der Waals surface area contributed by atoms with Crippen LogP contribution in [0.15, 0.2) is 109 Å². The van der Waals surface area contributed by atoms with Crippen LogP contribution < -0.4 is 16.0 Å². The van der Waals surface area contributed by atoms with Crippen molar-refractivity contribution in [3.8, 4) is 34.5 Å². The predicted octanol–water partition coefficient (Wildman–Crippen LogP) is 14.1. The Labute approximate surface area is 690 Å². The van der Waals surface area contributed by atoms with Gasteiger partial charge in [-0.1, -0.05) is 6.42 Å². The van der Waals surface area contributed by atoms with Gasteiger partial charge >= 0.3 is 11.9 Å². The van der Waals surface area contributed by atoms with Crippen LogP contribution >= 0.6 is 68.0 Å². The Balaban J connectivity index is 0.000000175. The highest BCUT2D eigenvalue weighted by Gasteiger charge is 2.20. The second-order valence-corrected chi connectivity index (χ2v) is 33.1. The van der Waals surface area contributed by atoms with E-state index in [-0.39, 0.29) is 93.1 Å². The molecule has 1 fully saturated rings. The van der Waals surface area contributed by atoms with Crippen molar-refractivity contribution in [1.82, 2.24) is 25.8 Å². The van der Waals surface area contributed by atoms with Crippen molar-refractivity contribution < 1.29 is 102 Å². The summed E-state index contributed by atoms with van der Waals surface area (Å²) in [6, 6.07) is 30.0. The number of phenols is 6. The van der Waals surface area contributed by atoms with E-state index in [1.54, 1.807) is 74.7 Å². The molecule has 1 saturated heterocycles. The molecule has 0 spiro atoms. The highest BCUT2D eigenvalue weighted by Crippen LogP contribution is 2.39. The van der Waals surface area contributed by atoms with E-state index in [1.807, 2.05) is 31.1 Å². The Bertz CT molecular complexity index is 5530. The highest BCUT2D eigenvalue weighted by molar-refractivity contribution is 7.22. The number of likely N-dealkylation sites (tertiary alicyclic amines) is 1. The van der Waals surface area contributed by atoms with Gasteiger partial charge in [-0.25, -0.2) is 0 Å². The third-order valence-corrected chi connectivity index (χ3v) is 24.5. The number of fused-ring (bicyclic) bond motifs is 6. The zero-order chi connectivity index (χ0) is 84.1. The highest BCUT2D eigenvalue weighted by atomic mass is 32.1. The minimum Gasteiger partial charge on any atom is -0.507 e. The molecule has 0 unspecified atom stereocenters. The Morgan fingerprint density at radius 1 is 0.440 bits per heavy atom. The fourth-order valence-electron chi connectivity index (χ4n) is 11.9. The molecule has 12 aromatic rings. The monoisotopic (exact) mass is 1690 g/mol. The number of aldehydes is 6. The Morgan fingerprint density at radius 3 is 1.16 bits per heavy atom. The average Bonchev–Trinajstić information content (AvgIpc) is 1.67. The fraction of sp³-hybridized carbons (Fsp3) is 0.286. The van der Waals surface area contributed by atoms with E-state index >= 15 is 0 Å². The molecule has 6 aromatic carbocycles. The number of nitrogens with one attached hydrogen (secondary N) is 3. The average molecular weight is 1700 g/mol. The second-order valence-electron chi connectivity index (χ2n) is 26.2. The number of likely N-dealkylation sites (N-methyl/N-ethyl adjacent to an activating group) is 1. The number of piperidine rings is 1. The molecular weight excluding hydrogens is 1610 g/mol. The maximum atomic E-state index is 12.3. The van der Waals surface area contributed by atoms with E-state index in [1.165, 1.54) is 138 Å². The Hall–Kier alpha value is -11.2. The van der Waals surface area contributed by atoms with Gasteiger partial charge in [-0.05, 0) is 176 Å². The van der Waals surface area contributed by atoms with Crippen LogP contribution in [0.5, 0.6) is 34.5 Å². The number of rotatable bonds is 28. The summed E-state index contributed by atoms with van der Waals surface area (Å²) in [5.41, 5.74) is 1.63. The number of aryl methyl sites for hydroxylation is 2. The largest absolute Gasteiger partial charge is 0.507 e. The summed E-state index contributed by atoms with van der Waals surface area (Å²) in [4.78, 5) is 144. The molecule has 0 saturated carbocycles. The van der Waals surface area contributed by atoms with E-state index in [4.69, 9.17) is 9.47 Å². The molecule has 0 radical (unpaired) electrons. The summed E-state index contributed by atoms with van der Waals surface area (Å²) in [6.45, 7) is 9.73. The lowest BCUT2D eigenvalue weighted by Crippen LogP contribution is -2.37. The number of thiophene rings is 6. The van der Waals surface area contributed by atoms with Crippen LogP contribution in [0.2, 0.25) is 0 Å². The van der Waals surface area contributed by atoms with Gasteiger partial charge in [0.05, 0.1) is 76.3 Å². The van der Waals surface area contributed by atoms with Gasteiger partial charge < -0.3 is 70.6 Å². The maximum absolute atomic E-state index is 12.3. The number of amides is 3. The quantitative estimate of drug-likeness (QED) is 0.0125. The van der Waals surface area contributed by atoms with E-state index in [0.717, 1.165) is 90.0 Å². The van der Waals surface area contributed by atoms with Crippen molar-refractivity contribution >= 4 is 202 Å². The number of hydrogen-bond donors (Lipinski definition) is 9. The van der Waals surface area contributed by atoms with Gasteiger partial charge in [0.1, 0.15) is 40.3 Å². The van der Waals surface area contributed by atoms with Crippen LogP contribution in [0.4, 0.5) is 0 Å². The summed E-state index contributed by atoms with van der Waals surface area (Å²) < 4.78 is 19.6. The molecule has 610 valence electrons. The van der Waals surface area contributed by atoms with Gasteiger partial charge in [-0.3, -0.25) is 57.5 Å². The number of carbonyl (C=O) groups is 12. The van der Waals surface area contributed by atoms with Crippen molar-refractivity contribution in [1.29, 1.82) is 0 Å². The first-order valence-corrected chi connectivity index (χ1v) is 41.3. The van der Waals surface area contributed by atoms with Gasteiger partial charge in [0.2, 0.25) is 5.91 Å². The molecule has 1 aliphatic heterocycles. The van der Waals surface area contributed by atoms with E-state index in [9.17, 15) is 88.2 Å². The van der Waals surface area contributed by atoms with Crippen LogP contribution in [0.1, 0.15) is 147 Å². The number of methoxy groups -OCH3 is 2. The lowest BCUT2D eigenvalue weighted by Gasteiger charge is -2.26. The first-order chi connectivity index (χ1) is 55.8. The second kappa shape index (κ2) is 44.6. The molecule has 9 N–H and O–H groups in total. The van der Waals surface area contributed by atoms with Crippen LogP contribution in [-0.4, -0.2) is 201 Å². The standard InChI is InChI=1S/C17H20N2O3S.C15H17NO4S.C14H16N2O3S.C14H14O4S.C12H10O4S.C12H10O3S/c20-11-13-12-10-16(23-15(12)5-4-14(13)21)17(22)18-6-9-19-7-2-1-3-8-19;1-20-7-6-16-15(19)5-2-10-8-11-12(9-17)13(18)3-4-14(11)21-10;1-16(2)6-5-15-14(19)13-7-9-10(8-17)11(18)3-4-12(9)20-13;1-2-18-14(17)6-3-9-7-10-11(8-15)12(16)4-5-13(10)19-9;1-16-12(15)5-7-4-8-9(6-13)10(14)2-3-11(8)17-7;1-7(14)4-8-5-9-10(6-13)11(15)2-3-12(9)16-8/h4-5,10-11,21H,1-3,6-9H2,(H,18,22);3-4,8-9,18H,2,5-7H2,1H3,(H,16,19);3-4,7-8,18H,5-6H2,1-2H3,(H,15,19);4-5,7-8,16H,2-3,6H2,1H3;2-4,6,14H,5H2,1H3;2-3,5-6,15H,4H2,1H3. The number of ketones is 1. The van der Waals surface area contributed by atoms with Crippen molar-refractivity contribution in [2.45, 2.75) is 71.6 Å². The molecule has 26 nitrogen and oxygen atoms in total. The first kappa shape index (κ1) is 90.3. The number of esters is 2. The Kier molecular flexibility index (Phi) is 34.7. The van der Waals surface area contributed by atoms with Crippen molar-refractivity contribution in [2.75, 3.05) is 87.3 Å². The van der Waals surface area contributed by atoms with E-state index in [2.05, 4.69) is 25.6 Å². The zero-order valence-electron chi connectivity index (χ0n) is 64.2. The number of aromatic hydroxyl groups is 6. The molecule has 116 heavy (non-hydrogen) atoms. The van der Waals surface area contributed by atoms with Crippen LogP contribution in [0, 0.1) is 0 Å². The molecule has 7 heterocycles. The lowest BCUT2D eigenvalue weighted by molar-refractivity contribution is -0.143. The molecule has 32 heteroatoms. The summed E-state index contributed by atoms with van der Waals surface area (Å²) in [6.07, 6.45) is 10.0. The van der Waals surface area contributed by atoms with Gasteiger partial charge in [-0.2, -0.15) is 0 Å². The predicted molar refractivity (Wildman–Crippen MR) is 455 cm³/mol. The number of nitrogens with zero attached hydrogens (tertiary/aromatic N) is 2. The van der Waals surface area contributed by atoms with Crippen molar-refractivity contribution in [3.63, 3.8) is 0 Å². The number of benzene rings is 6. The SMILES string of the molecule is CC(=O)Cc1cc2c(C=O)c(O)ccc2s1.CCOC(=O)CCc1cc2c(C=O)c(O)ccc2s1.CN(C)CCNC(=O)c1cc2c(C=O)c(O)ccc2s1.COC(=O)Cc1cc2c(C=O)c(O)ccc2s1.COCCNC(=O)CCc1cc2c(C=O)c(O)ccc2s1.O=Cc1c(O)ccc2sc(C(=O)NCCN3CCCCC3)cc12. The fourth-order valence-corrected chi connectivity index (χ4v) is 18.3. The molecule has 6 aromatic heterocycles. The van der Waals surface area contributed by atoms with Crippen LogP contribution in [-0.2, 0) is 59.1 Å². The smallest absolute Gasteiger partial charge is 0.310 e. The minimum atomic E-state index is -0.326. The van der Waals surface area contributed by atoms with E-state index < -0.39 is 0 Å². The van der Waals surface area contributed by atoms with Gasteiger partial charge in [0.25, 0.3) is 11.8 Å². The van der Waals surface area contributed by atoms with Gasteiger partial charge in [-0.15, -0.1) is 68.0 Å². The van der Waals surface area contributed by atoms with E-state index in [0.29, 0.717) is 145 Å². The zero-order valence-corrected chi connectivity index (χ0v) is 69.1. The summed E-state index contributed by atoms with van der Waals surface area (Å²) in [5, 5.41) is 70.3. The molecule has 1 aliphatic rings. The lowest BCUT2D eigenvalue weighted by atomic mass is 10.1. The van der Waals surface area contributed by atoms with Crippen molar-refractivity contribution in [2.24, 2.45) is 0 Å². The van der Waals surface area contributed by atoms with Crippen LogP contribution in [0.25, 0.3) is 60.5 Å². The molecular formula is C84H87N5O21S6. The van der Waals surface area contributed by atoms with Gasteiger partial charge in [0, 0.05) is 133 Å². The third kappa shape index (κ3) is 24.9. The normalized spacial score (nSPS) is 11.6. The minimum absolute atomic E-state index is 0.0147. The number of hydrogen-bond acceptors (Lipinski definition) is 29. The molecule has 0 atom stereocenters. The first-order valence-electron chi connectivity index (χ1n) is 36.4. The molecule has 0 aliphatic carbocycles. The molecule has 3 amide bonds. The maximum Gasteiger partial charge on any atom is 0.310 e. The topological polar surface area (TPSA) is 396 Å². The summed E-state index contributed by atoms with van der Waals surface area (Å²) >= 11 is 8.57. The number of phenolic OH excluding ortho intramolecular Hbond substituents is 6. The summed E-state index contributed by atoms with van der Waals surface area (Å²) in [5.74, 6) is -0.990. The third-order valence-electron chi connectivity index (χ3n) is 17.8. The van der Waals surface area contributed by atoms with Gasteiger partial charge in [0.15, 0.2) is 37.7 Å².